The molecule has 3 atom stereocenters. The number of amides is 4. The molecule has 4 heterocycles. The molecule has 2 unspecified atom stereocenters. The van der Waals surface area contributed by atoms with Crippen LogP contribution < -0.4 is 20.3 Å². The van der Waals surface area contributed by atoms with Crippen LogP contribution in [0.2, 0.25) is 0 Å². The molecule has 0 aliphatic carbocycles. The first-order valence-corrected chi connectivity index (χ1v) is 13.6. The number of anilines is 2. The Morgan fingerprint density at radius 2 is 1.97 bits per heavy atom. The normalized spacial score (nSPS) is 21.3. The van der Waals surface area contributed by atoms with Crippen molar-refractivity contribution in [2.75, 3.05) is 18.0 Å². The van der Waals surface area contributed by atoms with Gasteiger partial charge in [-0.1, -0.05) is 36.5 Å². The first kappa shape index (κ1) is 25.0. The van der Waals surface area contributed by atoms with Gasteiger partial charge in [-0.15, -0.1) is 0 Å². The minimum Gasteiger partial charge on any atom is -0.457 e. The van der Waals surface area contributed by atoms with E-state index in [-0.39, 0.29) is 23.8 Å². The summed E-state index contributed by atoms with van der Waals surface area (Å²) in [6, 6.07) is 16.3. The molecular formula is C29H27N5O4S. The molecule has 1 fully saturated rings. The van der Waals surface area contributed by atoms with Crippen molar-refractivity contribution in [3.05, 3.63) is 84.6 Å². The van der Waals surface area contributed by atoms with Gasteiger partial charge in [0, 0.05) is 24.8 Å². The van der Waals surface area contributed by atoms with Crippen molar-refractivity contribution in [3.8, 4) is 11.5 Å². The molecule has 3 aromatic rings. The summed E-state index contributed by atoms with van der Waals surface area (Å²) in [4.78, 5) is 46.4. The van der Waals surface area contributed by atoms with Gasteiger partial charge in [0.05, 0.1) is 23.3 Å². The number of hydrogen-bond acceptors (Lipinski definition) is 6. The van der Waals surface area contributed by atoms with Crippen LogP contribution in [0, 0.1) is 12.8 Å². The lowest BCUT2D eigenvalue weighted by atomic mass is 10.0. The lowest BCUT2D eigenvalue weighted by Crippen LogP contribution is -2.50. The number of nitrogens with zero attached hydrogens (tertiary/aromatic N) is 3. The van der Waals surface area contributed by atoms with Crippen molar-refractivity contribution in [2.45, 2.75) is 29.8 Å². The van der Waals surface area contributed by atoms with E-state index in [1.165, 1.54) is 17.8 Å². The van der Waals surface area contributed by atoms with Crippen molar-refractivity contribution >= 4 is 41.0 Å². The number of nitrogens with one attached hydrogen (secondary N) is 2. The smallest absolute Gasteiger partial charge is 0.327 e. The number of aryl methyl sites for hydroxylation is 1. The molecule has 0 saturated carbocycles. The molecule has 10 heteroatoms. The van der Waals surface area contributed by atoms with Gasteiger partial charge in [0.1, 0.15) is 21.9 Å². The molecule has 4 amide bonds. The summed E-state index contributed by atoms with van der Waals surface area (Å²) in [6.07, 6.45) is 3.55. The number of pyridine rings is 1. The average molecular weight is 542 g/mol. The van der Waals surface area contributed by atoms with Gasteiger partial charge in [-0.2, -0.15) is 0 Å². The van der Waals surface area contributed by atoms with Crippen molar-refractivity contribution in [3.63, 3.8) is 0 Å². The third kappa shape index (κ3) is 4.61. The zero-order valence-electron chi connectivity index (χ0n) is 21.3. The lowest BCUT2D eigenvalue weighted by Gasteiger charge is -2.35. The first-order valence-electron chi connectivity index (χ1n) is 12.7. The van der Waals surface area contributed by atoms with E-state index in [9.17, 15) is 14.4 Å². The average Bonchev–Trinajstić information content (AvgIpc) is 3.56. The number of benzene rings is 2. The van der Waals surface area contributed by atoms with Gasteiger partial charge >= 0.3 is 6.03 Å². The van der Waals surface area contributed by atoms with Crippen LogP contribution in [0.3, 0.4) is 0 Å². The highest BCUT2D eigenvalue weighted by Gasteiger charge is 2.45. The van der Waals surface area contributed by atoms with Crippen LogP contribution in [-0.4, -0.2) is 46.2 Å². The summed E-state index contributed by atoms with van der Waals surface area (Å²) < 4.78 is 5.96. The SMILES string of the molecule is C=CC(=O)N1CC[C@H](C(=O)NC2Sc3nccc4c3C2NC(=O)N4c2ccc(Oc3ccccc3)cc2C)C1. The maximum atomic E-state index is 13.5. The minimum atomic E-state index is -0.422. The van der Waals surface area contributed by atoms with Crippen LogP contribution in [0.4, 0.5) is 16.2 Å². The van der Waals surface area contributed by atoms with Crippen LogP contribution in [0.15, 0.2) is 78.5 Å². The molecule has 2 aromatic carbocycles. The summed E-state index contributed by atoms with van der Waals surface area (Å²) in [5.41, 5.74) is 3.22. The molecule has 6 rings (SSSR count). The molecule has 39 heavy (non-hydrogen) atoms. The summed E-state index contributed by atoms with van der Waals surface area (Å²) >= 11 is 1.43. The Hall–Kier alpha value is -4.31. The van der Waals surface area contributed by atoms with Crippen LogP contribution in [0.5, 0.6) is 11.5 Å². The molecule has 0 bridgehead atoms. The maximum absolute atomic E-state index is 13.5. The number of para-hydroxylation sites is 1. The highest BCUT2D eigenvalue weighted by molar-refractivity contribution is 8.00. The summed E-state index contributed by atoms with van der Waals surface area (Å²) in [5, 5.41) is 6.55. The Morgan fingerprint density at radius 3 is 2.74 bits per heavy atom. The van der Waals surface area contributed by atoms with E-state index >= 15 is 0 Å². The quantitative estimate of drug-likeness (QED) is 0.440. The number of aromatic nitrogens is 1. The predicted molar refractivity (Wildman–Crippen MR) is 148 cm³/mol. The van der Waals surface area contributed by atoms with Crippen molar-refractivity contribution in [2.24, 2.45) is 5.92 Å². The third-order valence-corrected chi connectivity index (χ3v) is 8.42. The monoisotopic (exact) mass is 541 g/mol. The molecule has 3 aliphatic rings. The minimum absolute atomic E-state index is 0.136. The van der Waals surface area contributed by atoms with Crippen molar-refractivity contribution in [1.82, 2.24) is 20.5 Å². The summed E-state index contributed by atoms with van der Waals surface area (Å²) in [6.45, 7) is 6.35. The van der Waals surface area contributed by atoms with E-state index in [0.717, 1.165) is 33.3 Å². The van der Waals surface area contributed by atoms with E-state index in [1.807, 2.05) is 61.5 Å². The van der Waals surface area contributed by atoms with E-state index in [1.54, 1.807) is 16.0 Å². The van der Waals surface area contributed by atoms with Gasteiger partial charge in [-0.05, 0) is 61.4 Å². The highest BCUT2D eigenvalue weighted by Crippen LogP contribution is 2.50. The number of likely N-dealkylation sites (tertiary alicyclic amines) is 1. The van der Waals surface area contributed by atoms with Crippen LogP contribution in [0.25, 0.3) is 0 Å². The fraction of sp³-hybridized carbons (Fsp3) is 0.241. The Balaban J connectivity index is 1.22. The van der Waals surface area contributed by atoms with Crippen molar-refractivity contribution in [1.29, 1.82) is 0 Å². The number of carbonyl (C=O) groups excluding carboxylic acids is 3. The van der Waals surface area contributed by atoms with Gasteiger partial charge in [0.15, 0.2) is 0 Å². The maximum Gasteiger partial charge on any atom is 0.327 e. The molecule has 9 nitrogen and oxygen atoms in total. The van der Waals surface area contributed by atoms with Crippen LogP contribution in [0.1, 0.15) is 23.6 Å². The standard InChI is InChI=1S/C29H27N5O4S/c1-3-23(35)33-14-12-18(16-33)26(36)32-28-25-24-22(11-13-30-27(24)39-28)34(29(37)31-25)21-10-9-20(15-17(21)2)38-19-7-5-4-6-8-19/h3-11,13,15,18,25,28H,1,12,14,16H2,2H3,(H,31,37)(H,32,36)/t18-,25?,28?/m0/s1. The molecule has 1 saturated heterocycles. The Labute approximate surface area is 230 Å². The zero-order valence-corrected chi connectivity index (χ0v) is 22.1. The Bertz CT molecular complexity index is 1480. The first-order chi connectivity index (χ1) is 18.9. The number of urea groups is 1. The van der Waals surface area contributed by atoms with E-state index in [0.29, 0.717) is 25.3 Å². The second kappa shape index (κ2) is 10.1. The van der Waals surface area contributed by atoms with Gasteiger partial charge in [0.25, 0.3) is 0 Å². The molecule has 1 aromatic heterocycles. The van der Waals surface area contributed by atoms with E-state index in [2.05, 4.69) is 22.2 Å². The molecule has 198 valence electrons. The topological polar surface area (TPSA) is 104 Å². The number of hydrogen-bond donors (Lipinski definition) is 2. The Kier molecular flexibility index (Phi) is 6.48. The van der Waals surface area contributed by atoms with E-state index in [4.69, 9.17) is 4.74 Å². The van der Waals surface area contributed by atoms with E-state index < -0.39 is 11.4 Å². The Morgan fingerprint density at radius 1 is 1.15 bits per heavy atom. The van der Waals surface area contributed by atoms with Gasteiger partial charge in [0.2, 0.25) is 11.8 Å². The predicted octanol–water partition coefficient (Wildman–Crippen LogP) is 4.67. The van der Waals surface area contributed by atoms with Crippen molar-refractivity contribution < 1.29 is 19.1 Å². The number of carbonyl (C=O) groups is 3. The van der Waals surface area contributed by atoms with Gasteiger partial charge < -0.3 is 20.3 Å². The van der Waals surface area contributed by atoms with Gasteiger partial charge in [-0.25, -0.2) is 9.78 Å². The fourth-order valence-corrected chi connectivity index (χ4v) is 6.54. The summed E-state index contributed by atoms with van der Waals surface area (Å²) in [5.74, 6) is 0.800. The molecule has 3 aliphatic heterocycles. The van der Waals surface area contributed by atoms with Crippen LogP contribution in [-0.2, 0) is 9.59 Å². The fourth-order valence-electron chi connectivity index (χ4n) is 5.30. The summed E-state index contributed by atoms with van der Waals surface area (Å²) in [7, 11) is 0. The number of rotatable bonds is 6. The lowest BCUT2D eigenvalue weighted by molar-refractivity contribution is -0.126. The van der Waals surface area contributed by atoms with Crippen LogP contribution >= 0.6 is 11.8 Å². The number of thioether (sulfide) groups is 1. The highest BCUT2D eigenvalue weighted by atomic mass is 32.2. The second-order valence-electron chi connectivity index (χ2n) is 9.70. The second-order valence-corrected chi connectivity index (χ2v) is 10.8. The third-order valence-electron chi connectivity index (χ3n) is 7.22. The largest absolute Gasteiger partial charge is 0.457 e. The molecule has 0 spiro atoms. The molecule has 0 radical (unpaired) electrons. The molecule has 2 N–H and O–H groups in total. The molecular weight excluding hydrogens is 514 g/mol. The van der Waals surface area contributed by atoms with Gasteiger partial charge in [-0.3, -0.25) is 14.5 Å². The zero-order chi connectivity index (χ0) is 27.1. The number of ether oxygens (including phenoxy) is 1.